The number of nitrogens with one attached hydrogen (secondary N) is 1. The van der Waals surface area contributed by atoms with E-state index in [0.29, 0.717) is 18.4 Å². The summed E-state index contributed by atoms with van der Waals surface area (Å²) >= 11 is 0. The van der Waals surface area contributed by atoms with Crippen LogP contribution in [0.25, 0.3) is 0 Å². The maximum Gasteiger partial charge on any atom is 0.123 e. The van der Waals surface area contributed by atoms with E-state index in [1.807, 2.05) is 0 Å². The third-order valence-corrected chi connectivity index (χ3v) is 3.20. The van der Waals surface area contributed by atoms with Crippen molar-refractivity contribution in [2.45, 2.75) is 26.9 Å². The maximum atomic E-state index is 12.7. The smallest absolute Gasteiger partial charge is 0.123 e. The standard InChI is InChI=1S/C14H22FNO/c1-10(2)11(3)8-16-9-14(17)12-4-6-13(15)7-5-12/h4-7,10-11,14,16-17H,8-9H2,1-3H3. The second-order valence-electron chi connectivity index (χ2n) is 4.95. The van der Waals surface area contributed by atoms with Crippen LogP contribution in [0.5, 0.6) is 0 Å². The van der Waals surface area contributed by atoms with Gasteiger partial charge in [0.05, 0.1) is 6.10 Å². The van der Waals surface area contributed by atoms with Gasteiger partial charge in [-0.25, -0.2) is 4.39 Å². The summed E-state index contributed by atoms with van der Waals surface area (Å²) in [6.45, 7) is 7.94. The highest BCUT2D eigenvalue weighted by atomic mass is 19.1. The zero-order chi connectivity index (χ0) is 12.8. The molecule has 2 unspecified atom stereocenters. The number of aliphatic hydroxyl groups is 1. The van der Waals surface area contributed by atoms with E-state index >= 15 is 0 Å². The molecule has 0 radical (unpaired) electrons. The Labute approximate surface area is 103 Å². The molecule has 0 amide bonds. The van der Waals surface area contributed by atoms with Crippen LogP contribution in [0.1, 0.15) is 32.4 Å². The normalized spacial score (nSPS) is 14.9. The molecule has 1 rings (SSSR count). The average molecular weight is 239 g/mol. The highest BCUT2D eigenvalue weighted by Gasteiger charge is 2.10. The molecule has 17 heavy (non-hydrogen) atoms. The van der Waals surface area contributed by atoms with Gasteiger partial charge in [-0.3, -0.25) is 0 Å². The number of benzene rings is 1. The number of hydrogen-bond acceptors (Lipinski definition) is 2. The summed E-state index contributed by atoms with van der Waals surface area (Å²) in [5, 5.41) is 13.1. The van der Waals surface area contributed by atoms with E-state index in [1.165, 1.54) is 12.1 Å². The van der Waals surface area contributed by atoms with Crippen LogP contribution in [-0.2, 0) is 0 Å². The summed E-state index contributed by atoms with van der Waals surface area (Å²) in [6, 6.07) is 5.98. The van der Waals surface area contributed by atoms with E-state index in [2.05, 4.69) is 26.1 Å². The van der Waals surface area contributed by atoms with E-state index in [9.17, 15) is 9.50 Å². The van der Waals surface area contributed by atoms with Crippen LogP contribution in [-0.4, -0.2) is 18.2 Å². The summed E-state index contributed by atoms with van der Waals surface area (Å²) in [5.41, 5.74) is 0.746. The van der Waals surface area contributed by atoms with E-state index in [1.54, 1.807) is 12.1 Å². The molecule has 1 aromatic carbocycles. The Morgan fingerprint density at radius 2 is 1.71 bits per heavy atom. The van der Waals surface area contributed by atoms with E-state index in [0.717, 1.165) is 12.1 Å². The van der Waals surface area contributed by atoms with Crippen molar-refractivity contribution in [3.8, 4) is 0 Å². The maximum absolute atomic E-state index is 12.7. The molecule has 0 aliphatic rings. The first kappa shape index (κ1) is 14.1. The summed E-state index contributed by atoms with van der Waals surface area (Å²) in [6.07, 6.45) is -0.574. The molecule has 2 nitrogen and oxygen atoms in total. The zero-order valence-electron chi connectivity index (χ0n) is 10.8. The molecule has 0 fully saturated rings. The summed E-state index contributed by atoms with van der Waals surface area (Å²) < 4.78 is 12.7. The fourth-order valence-corrected chi connectivity index (χ4v) is 1.49. The minimum Gasteiger partial charge on any atom is -0.387 e. The van der Waals surface area contributed by atoms with Crippen LogP contribution < -0.4 is 5.32 Å². The number of hydrogen-bond donors (Lipinski definition) is 2. The minimum absolute atomic E-state index is 0.276. The number of halogens is 1. The van der Waals surface area contributed by atoms with Gasteiger partial charge in [-0.1, -0.05) is 32.9 Å². The quantitative estimate of drug-likeness (QED) is 0.800. The first-order valence-corrected chi connectivity index (χ1v) is 6.15. The molecule has 2 N–H and O–H groups in total. The van der Waals surface area contributed by atoms with Crippen LogP contribution in [0.15, 0.2) is 24.3 Å². The van der Waals surface area contributed by atoms with Crippen molar-refractivity contribution in [1.82, 2.24) is 5.32 Å². The second kappa shape index (κ2) is 6.72. The Kier molecular flexibility index (Phi) is 5.59. The van der Waals surface area contributed by atoms with Gasteiger partial charge in [-0.2, -0.15) is 0 Å². The van der Waals surface area contributed by atoms with Crippen LogP contribution in [0, 0.1) is 17.7 Å². The van der Waals surface area contributed by atoms with Crippen molar-refractivity contribution in [2.75, 3.05) is 13.1 Å². The van der Waals surface area contributed by atoms with Crippen LogP contribution in [0.2, 0.25) is 0 Å². The van der Waals surface area contributed by atoms with Crippen molar-refractivity contribution >= 4 is 0 Å². The Bertz CT molecular complexity index is 323. The first-order valence-electron chi connectivity index (χ1n) is 6.15. The zero-order valence-corrected chi connectivity index (χ0v) is 10.8. The van der Waals surface area contributed by atoms with Crippen LogP contribution in [0.3, 0.4) is 0 Å². The number of rotatable bonds is 6. The Hall–Kier alpha value is -0.930. The van der Waals surface area contributed by atoms with Crippen LogP contribution in [0.4, 0.5) is 4.39 Å². The van der Waals surface area contributed by atoms with Crippen molar-refractivity contribution < 1.29 is 9.50 Å². The number of aliphatic hydroxyl groups excluding tert-OH is 1. The van der Waals surface area contributed by atoms with Crippen molar-refractivity contribution in [3.05, 3.63) is 35.6 Å². The first-order chi connectivity index (χ1) is 8.00. The van der Waals surface area contributed by atoms with Gasteiger partial charge in [0.15, 0.2) is 0 Å². The summed E-state index contributed by atoms with van der Waals surface area (Å²) in [5.74, 6) is 0.934. The lowest BCUT2D eigenvalue weighted by atomic mass is 9.98. The third kappa shape index (κ3) is 4.84. The SMILES string of the molecule is CC(C)C(C)CNCC(O)c1ccc(F)cc1. The van der Waals surface area contributed by atoms with Crippen molar-refractivity contribution in [2.24, 2.45) is 11.8 Å². The summed E-state index contributed by atoms with van der Waals surface area (Å²) in [4.78, 5) is 0. The highest BCUT2D eigenvalue weighted by molar-refractivity contribution is 5.18. The predicted molar refractivity (Wildman–Crippen MR) is 68.2 cm³/mol. The third-order valence-electron chi connectivity index (χ3n) is 3.20. The fraction of sp³-hybridized carbons (Fsp3) is 0.571. The molecule has 0 aromatic heterocycles. The lowest BCUT2D eigenvalue weighted by Gasteiger charge is -2.18. The molecule has 0 bridgehead atoms. The monoisotopic (exact) mass is 239 g/mol. The molecule has 0 heterocycles. The molecule has 96 valence electrons. The van der Waals surface area contributed by atoms with E-state index in [4.69, 9.17) is 0 Å². The molecular weight excluding hydrogens is 217 g/mol. The molecular formula is C14H22FNO. The molecule has 0 saturated heterocycles. The largest absolute Gasteiger partial charge is 0.387 e. The Morgan fingerprint density at radius 3 is 2.24 bits per heavy atom. The van der Waals surface area contributed by atoms with Gasteiger partial charge in [0.25, 0.3) is 0 Å². The minimum atomic E-state index is -0.574. The Morgan fingerprint density at radius 1 is 1.12 bits per heavy atom. The van der Waals surface area contributed by atoms with Gasteiger partial charge in [0.2, 0.25) is 0 Å². The average Bonchev–Trinajstić information content (AvgIpc) is 2.29. The lowest BCUT2D eigenvalue weighted by Crippen LogP contribution is -2.28. The van der Waals surface area contributed by atoms with Gasteiger partial charge in [0, 0.05) is 6.54 Å². The van der Waals surface area contributed by atoms with Gasteiger partial charge < -0.3 is 10.4 Å². The van der Waals surface area contributed by atoms with E-state index in [-0.39, 0.29) is 5.82 Å². The molecule has 0 saturated carbocycles. The van der Waals surface area contributed by atoms with Crippen molar-refractivity contribution in [3.63, 3.8) is 0 Å². The highest BCUT2D eigenvalue weighted by Crippen LogP contribution is 2.13. The van der Waals surface area contributed by atoms with Crippen molar-refractivity contribution in [1.29, 1.82) is 0 Å². The van der Waals surface area contributed by atoms with Gasteiger partial charge >= 0.3 is 0 Å². The fourth-order valence-electron chi connectivity index (χ4n) is 1.49. The molecule has 0 aliphatic heterocycles. The molecule has 1 aromatic rings. The van der Waals surface area contributed by atoms with E-state index < -0.39 is 6.10 Å². The van der Waals surface area contributed by atoms with Gasteiger partial charge in [-0.15, -0.1) is 0 Å². The van der Waals surface area contributed by atoms with Gasteiger partial charge in [0.1, 0.15) is 5.82 Å². The summed E-state index contributed by atoms with van der Waals surface area (Å²) in [7, 11) is 0. The second-order valence-corrected chi connectivity index (χ2v) is 4.95. The lowest BCUT2D eigenvalue weighted by molar-refractivity contribution is 0.171. The molecule has 0 spiro atoms. The molecule has 2 atom stereocenters. The van der Waals surface area contributed by atoms with Gasteiger partial charge in [-0.05, 0) is 36.1 Å². The topological polar surface area (TPSA) is 32.3 Å². The van der Waals surface area contributed by atoms with Crippen LogP contribution >= 0.6 is 0 Å². The predicted octanol–water partition coefficient (Wildman–Crippen LogP) is 2.74. The molecule has 3 heteroatoms. The Balaban J connectivity index is 2.34. The molecule has 0 aliphatic carbocycles.